The summed E-state index contributed by atoms with van der Waals surface area (Å²) in [5, 5.41) is 11.9. The normalized spacial score (nSPS) is 10.9. The van der Waals surface area contributed by atoms with Gasteiger partial charge in [-0.2, -0.15) is 0 Å². The molecule has 0 aliphatic heterocycles. The quantitative estimate of drug-likeness (QED) is 0.440. The van der Waals surface area contributed by atoms with Gasteiger partial charge in [0, 0.05) is 22.3 Å². The molecule has 0 fully saturated rings. The van der Waals surface area contributed by atoms with Crippen LogP contribution >= 0.6 is 23.1 Å². The van der Waals surface area contributed by atoms with E-state index < -0.39 is 0 Å². The SMILES string of the molecule is Cc1ccc(-c2nc(CSc3nnc(-c4ccccc4)o3)cs2)cc1. The van der Waals surface area contributed by atoms with E-state index in [1.165, 1.54) is 17.3 Å². The third-order valence-electron chi connectivity index (χ3n) is 3.62. The molecule has 4 aromatic rings. The predicted molar refractivity (Wildman–Crippen MR) is 102 cm³/mol. The Bertz CT molecular complexity index is 962. The Balaban J connectivity index is 1.42. The van der Waals surface area contributed by atoms with Crippen molar-refractivity contribution in [2.45, 2.75) is 17.9 Å². The van der Waals surface area contributed by atoms with E-state index >= 15 is 0 Å². The molecule has 0 aliphatic carbocycles. The topological polar surface area (TPSA) is 51.8 Å². The summed E-state index contributed by atoms with van der Waals surface area (Å²) >= 11 is 3.16. The van der Waals surface area contributed by atoms with Crippen LogP contribution in [0.1, 0.15) is 11.3 Å². The molecule has 0 bridgehead atoms. The average Bonchev–Trinajstić information content (AvgIpc) is 3.31. The van der Waals surface area contributed by atoms with Crippen molar-refractivity contribution in [3.05, 3.63) is 71.2 Å². The summed E-state index contributed by atoms with van der Waals surface area (Å²) in [7, 11) is 0. The van der Waals surface area contributed by atoms with Crippen molar-refractivity contribution < 1.29 is 4.42 Å². The second-order valence-corrected chi connectivity index (χ2v) is 7.32. The van der Waals surface area contributed by atoms with Crippen molar-refractivity contribution in [1.82, 2.24) is 15.2 Å². The van der Waals surface area contributed by atoms with Gasteiger partial charge in [-0.05, 0) is 19.1 Å². The van der Waals surface area contributed by atoms with Crippen LogP contribution < -0.4 is 0 Å². The van der Waals surface area contributed by atoms with Gasteiger partial charge in [0.1, 0.15) is 5.01 Å². The molecule has 0 spiro atoms. The fourth-order valence-electron chi connectivity index (χ4n) is 2.30. The molecule has 25 heavy (non-hydrogen) atoms. The van der Waals surface area contributed by atoms with Crippen molar-refractivity contribution in [3.63, 3.8) is 0 Å². The summed E-state index contributed by atoms with van der Waals surface area (Å²) in [6, 6.07) is 18.2. The fourth-order valence-corrected chi connectivity index (χ4v) is 3.89. The highest BCUT2D eigenvalue weighted by Gasteiger charge is 2.10. The molecule has 124 valence electrons. The second-order valence-electron chi connectivity index (χ2n) is 5.54. The number of aromatic nitrogens is 3. The molecule has 0 saturated carbocycles. The van der Waals surface area contributed by atoms with E-state index in [1.54, 1.807) is 11.3 Å². The number of benzene rings is 2. The molecule has 2 aromatic heterocycles. The summed E-state index contributed by atoms with van der Waals surface area (Å²) < 4.78 is 5.71. The zero-order chi connectivity index (χ0) is 17.1. The third-order valence-corrected chi connectivity index (χ3v) is 5.41. The minimum Gasteiger partial charge on any atom is -0.411 e. The van der Waals surface area contributed by atoms with Crippen LogP contribution in [0.3, 0.4) is 0 Å². The standard InChI is InChI=1S/C19H15N3OS2/c1-13-7-9-15(10-8-13)18-20-16(11-24-18)12-25-19-22-21-17(23-19)14-5-3-2-4-6-14/h2-11H,12H2,1H3. The molecule has 0 aliphatic rings. The Kier molecular flexibility index (Phi) is 4.63. The Morgan fingerprint density at radius 1 is 0.960 bits per heavy atom. The summed E-state index contributed by atoms with van der Waals surface area (Å²) in [6.07, 6.45) is 0. The average molecular weight is 365 g/mol. The summed E-state index contributed by atoms with van der Waals surface area (Å²) in [4.78, 5) is 4.70. The maximum Gasteiger partial charge on any atom is 0.277 e. The minimum absolute atomic E-state index is 0.543. The van der Waals surface area contributed by atoms with Gasteiger partial charge in [-0.25, -0.2) is 4.98 Å². The van der Waals surface area contributed by atoms with Gasteiger partial charge in [-0.1, -0.05) is 59.8 Å². The highest BCUT2D eigenvalue weighted by molar-refractivity contribution is 7.98. The lowest BCUT2D eigenvalue weighted by Gasteiger charge is -1.97. The largest absolute Gasteiger partial charge is 0.411 e. The predicted octanol–water partition coefficient (Wildman–Crippen LogP) is 5.46. The molecule has 0 amide bonds. The zero-order valence-corrected chi connectivity index (χ0v) is 15.2. The maximum atomic E-state index is 5.71. The third kappa shape index (κ3) is 3.81. The van der Waals surface area contributed by atoms with Crippen molar-refractivity contribution in [3.8, 4) is 22.0 Å². The summed E-state index contributed by atoms with van der Waals surface area (Å²) in [5.41, 5.74) is 4.35. The lowest BCUT2D eigenvalue weighted by molar-refractivity contribution is 0.466. The molecule has 4 rings (SSSR count). The van der Waals surface area contributed by atoms with Gasteiger partial charge in [-0.3, -0.25) is 0 Å². The number of thioether (sulfide) groups is 1. The number of thiazole rings is 1. The van der Waals surface area contributed by atoms with E-state index in [0.717, 1.165) is 21.8 Å². The number of hydrogen-bond acceptors (Lipinski definition) is 6. The van der Waals surface area contributed by atoms with E-state index in [4.69, 9.17) is 9.40 Å². The Morgan fingerprint density at radius 3 is 2.56 bits per heavy atom. The highest BCUT2D eigenvalue weighted by Crippen LogP contribution is 2.29. The van der Waals surface area contributed by atoms with Crippen LogP contribution in [0.2, 0.25) is 0 Å². The first-order valence-electron chi connectivity index (χ1n) is 7.81. The Labute approximate surface area is 154 Å². The molecule has 6 heteroatoms. The van der Waals surface area contributed by atoms with Crippen molar-refractivity contribution in [2.75, 3.05) is 0 Å². The first-order chi connectivity index (χ1) is 12.3. The van der Waals surface area contributed by atoms with Gasteiger partial charge in [0.2, 0.25) is 5.89 Å². The molecule has 0 unspecified atom stereocenters. The molecule has 0 radical (unpaired) electrons. The second kappa shape index (κ2) is 7.21. The van der Waals surface area contributed by atoms with Crippen LogP contribution in [0, 0.1) is 6.92 Å². The first-order valence-corrected chi connectivity index (χ1v) is 9.67. The highest BCUT2D eigenvalue weighted by atomic mass is 32.2. The van der Waals surface area contributed by atoms with Crippen LogP contribution in [-0.4, -0.2) is 15.2 Å². The summed E-state index contributed by atoms with van der Waals surface area (Å²) in [5.74, 6) is 1.25. The monoisotopic (exact) mass is 365 g/mol. The molecule has 0 N–H and O–H groups in total. The molecule has 4 nitrogen and oxygen atoms in total. The van der Waals surface area contributed by atoms with Crippen LogP contribution in [0.25, 0.3) is 22.0 Å². The van der Waals surface area contributed by atoms with Crippen LogP contribution in [0.5, 0.6) is 0 Å². The number of aryl methyl sites for hydroxylation is 1. The van der Waals surface area contributed by atoms with Crippen molar-refractivity contribution in [1.29, 1.82) is 0 Å². The van der Waals surface area contributed by atoms with Gasteiger partial charge >= 0.3 is 0 Å². The lowest BCUT2D eigenvalue weighted by Crippen LogP contribution is -1.82. The van der Waals surface area contributed by atoms with E-state index in [2.05, 4.69) is 46.8 Å². The summed E-state index contributed by atoms with van der Waals surface area (Å²) in [6.45, 7) is 2.09. The van der Waals surface area contributed by atoms with Gasteiger partial charge in [-0.15, -0.1) is 21.5 Å². The maximum absolute atomic E-state index is 5.71. The molecule has 0 saturated heterocycles. The molecule has 2 aromatic carbocycles. The lowest BCUT2D eigenvalue weighted by atomic mass is 10.2. The van der Waals surface area contributed by atoms with Crippen LogP contribution in [0.15, 0.2) is 69.6 Å². The van der Waals surface area contributed by atoms with Gasteiger partial charge in [0.05, 0.1) is 5.69 Å². The van der Waals surface area contributed by atoms with Crippen LogP contribution in [0.4, 0.5) is 0 Å². The first kappa shape index (κ1) is 16.1. The van der Waals surface area contributed by atoms with Crippen LogP contribution in [-0.2, 0) is 5.75 Å². The zero-order valence-electron chi connectivity index (χ0n) is 13.5. The minimum atomic E-state index is 0.543. The van der Waals surface area contributed by atoms with E-state index in [1.807, 2.05) is 30.3 Å². The van der Waals surface area contributed by atoms with Gasteiger partial charge < -0.3 is 4.42 Å². The van der Waals surface area contributed by atoms with E-state index in [0.29, 0.717) is 16.9 Å². The molecule has 0 atom stereocenters. The fraction of sp³-hybridized carbons (Fsp3) is 0.105. The Hall–Kier alpha value is -2.44. The van der Waals surface area contributed by atoms with E-state index in [-0.39, 0.29) is 0 Å². The number of rotatable bonds is 5. The molecule has 2 heterocycles. The van der Waals surface area contributed by atoms with Gasteiger partial charge in [0.25, 0.3) is 5.22 Å². The molecular formula is C19H15N3OS2. The molecular weight excluding hydrogens is 350 g/mol. The number of hydrogen-bond donors (Lipinski definition) is 0. The van der Waals surface area contributed by atoms with Crippen molar-refractivity contribution >= 4 is 23.1 Å². The smallest absolute Gasteiger partial charge is 0.277 e. The van der Waals surface area contributed by atoms with E-state index in [9.17, 15) is 0 Å². The Morgan fingerprint density at radius 2 is 1.76 bits per heavy atom. The van der Waals surface area contributed by atoms with Gasteiger partial charge in [0.15, 0.2) is 0 Å². The van der Waals surface area contributed by atoms with Crippen molar-refractivity contribution in [2.24, 2.45) is 0 Å². The number of nitrogens with zero attached hydrogens (tertiary/aromatic N) is 3.